The Hall–Kier alpha value is -1.13. The summed E-state index contributed by atoms with van der Waals surface area (Å²) in [6.45, 7) is 4.83. The number of rotatable bonds is 6. The van der Waals surface area contributed by atoms with Gasteiger partial charge in [0.25, 0.3) is 0 Å². The van der Waals surface area contributed by atoms with E-state index in [2.05, 4.69) is 34.7 Å². The normalized spacial score (nSPS) is 15.2. The van der Waals surface area contributed by atoms with E-state index in [-0.39, 0.29) is 0 Å². The molecule has 102 valence electrons. The van der Waals surface area contributed by atoms with Crippen molar-refractivity contribution in [3.63, 3.8) is 0 Å². The van der Waals surface area contributed by atoms with Crippen LogP contribution in [0, 0.1) is 17.6 Å². The lowest BCUT2D eigenvalue weighted by molar-refractivity contribution is 0.119. The van der Waals surface area contributed by atoms with Gasteiger partial charge >= 0.3 is 0 Å². The van der Waals surface area contributed by atoms with E-state index in [1.54, 1.807) is 0 Å². The number of nitrogens with zero attached hydrogens (tertiary/aromatic N) is 1. The molecule has 1 aromatic heterocycles. The van der Waals surface area contributed by atoms with Gasteiger partial charge in [0, 0.05) is 19.8 Å². The van der Waals surface area contributed by atoms with E-state index in [1.807, 2.05) is 0 Å². The van der Waals surface area contributed by atoms with Gasteiger partial charge in [0.1, 0.15) is 0 Å². The van der Waals surface area contributed by atoms with Crippen molar-refractivity contribution in [2.24, 2.45) is 5.92 Å². The van der Waals surface area contributed by atoms with Crippen molar-refractivity contribution in [3.05, 3.63) is 28.5 Å². The number of aromatic amines is 1. The Morgan fingerprint density at radius 2 is 2.26 bits per heavy atom. The van der Waals surface area contributed by atoms with Gasteiger partial charge in [-0.15, -0.1) is 0 Å². The third-order valence-corrected chi connectivity index (χ3v) is 4.04. The molecule has 4 heteroatoms. The average Bonchev–Trinajstić information content (AvgIpc) is 3.14. The molecule has 19 heavy (non-hydrogen) atoms. The van der Waals surface area contributed by atoms with Crippen LogP contribution >= 0.6 is 12.2 Å². The number of H-pyrrole nitrogens is 1. The fourth-order valence-corrected chi connectivity index (χ4v) is 2.77. The second-order valence-corrected chi connectivity index (χ2v) is 5.81. The summed E-state index contributed by atoms with van der Waals surface area (Å²) in [5, 5.41) is 0. The molecule has 3 rings (SSSR count). The first kappa shape index (κ1) is 12.9. The SMILES string of the molecule is Cc1cccc2[nH]c(=S)n(CCCOCC3CC3)c12. The number of fused-ring (bicyclic) bond motifs is 1. The highest BCUT2D eigenvalue weighted by atomic mass is 32.1. The second kappa shape index (κ2) is 5.47. The quantitative estimate of drug-likeness (QED) is 0.642. The molecule has 1 saturated carbocycles. The van der Waals surface area contributed by atoms with Gasteiger partial charge in [0.2, 0.25) is 0 Å². The smallest absolute Gasteiger partial charge is 0.178 e. The van der Waals surface area contributed by atoms with E-state index in [0.717, 1.165) is 42.4 Å². The lowest BCUT2D eigenvalue weighted by Gasteiger charge is -2.07. The zero-order chi connectivity index (χ0) is 13.2. The molecule has 2 aromatic rings. The van der Waals surface area contributed by atoms with E-state index in [0.29, 0.717) is 0 Å². The molecule has 1 aliphatic rings. The van der Waals surface area contributed by atoms with E-state index in [9.17, 15) is 0 Å². The molecule has 3 nitrogen and oxygen atoms in total. The van der Waals surface area contributed by atoms with E-state index in [4.69, 9.17) is 17.0 Å². The molecule has 0 saturated heterocycles. The fraction of sp³-hybridized carbons (Fsp3) is 0.533. The molecule has 0 radical (unpaired) electrons. The maximum atomic E-state index is 5.68. The first-order chi connectivity index (χ1) is 9.25. The summed E-state index contributed by atoms with van der Waals surface area (Å²) in [5.41, 5.74) is 3.63. The van der Waals surface area contributed by atoms with Crippen LogP contribution in [0.2, 0.25) is 0 Å². The largest absolute Gasteiger partial charge is 0.381 e. The van der Waals surface area contributed by atoms with Crippen LogP contribution < -0.4 is 0 Å². The summed E-state index contributed by atoms with van der Waals surface area (Å²) in [6.07, 6.45) is 3.72. The molecule has 1 heterocycles. The van der Waals surface area contributed by atoms with Gasteiger partial charge in [0.15, 0.2) is 4.77 Å². The highest BCUT2D eigenvalue weighted by molar-refractivity contribution is 7.71. The number of hydrogen-bond acceptors (Lipinski definition) is 2. The molecule has 0 atom stereocenters. The molecule has 0 spiro atoms. The number of benzene rings is 1. The molecular formula is C15H20N2OS. The summed E-state index contributed by atoms with van der Waals surface area (Å²) < 4.78 is 8.69. The number of nitrogens with one attached hydrogen (secondary N) is 1. The van der Waals surface area contributed by atoms with Crippen LogP contribution in [-0.2, 0) is 11.3 Å². The number of imidazole rings is 1. The van der Waals surface area contributed by atoms with Crippen molar-refractivity contribution < 1.29 is 4.74 Å². The van der Waals surface area contributed by atoms with Gasteiger partial charge in [-0.1, -0.05) is 12.1 Å². The molecule has 0 unspecified atom stereocenters. The number of para-hydroxylation sites is 1. The van der Waals surface area contributed by atoms with Gasteiger partial charge < -0.3 is 14.3 Å². The van der Waals surface area contributed by atoms with Crippen LogP contribution in [0.5, 0.6) is 0 Å². The van der Waals surface area contributed by atoms with Crippen LogP contribution in [-0.4, -0.2) is 22.8 Å². The number of hydrogen-bond donors (Lipinski definition) is 1. The van der Waals surface area contributed by atoms with Gasteiger partial charge in [-0.3, -0.25) is 0 Å². The fourth-order valence-electron chi connectivity index (χ4n) is 2.47. The van der Waals surface area contributed by atoms with Crippen molar-refractivity contribution in [2.45, 2.75) is 32.7 Å². The van der Waals surface area contributed by atoms with Crippen LogP contribution in [0.25, 0.3) is 11.0 Å². The zero-order valence-electron chi connectivity index (χ0n) is 11.3. The molecule has 1 N–H and O–H groups in total. The van der Waals surface area contributed by atoms with Crippen LogP contribution in [0.4, 0.5) is 0 Å². The monoisotopic (exact) mass is 276 g/mol. The highest BCUT2D eigenvalue weighted by Crippen LogP contribution is 2.28. The molecular weight excluding hydrogens is 256 g/mol. The van der Waals surface area contributed by atoms with Crippen LogP contribution in [0.1, 0.15) is 24.8 Å². The Labute approximate surface area is 118 Å². The third-order valence-electron chi connectivity index (χ3n) is 3.72. The highest BCUT2D eigenvalue weighted by Gasteiger charge is 2.20. The van der Waals surface area contributed by atoms with Crippen molar-refractivity contribution in [1.82, 2.24) is 9.55 Å². The standard InChI is InChI=1S/C15H20N2OS/c1-11-4-2-5-13-14(11)17(15(19)16-13)8-3-9-18-10-12-6-7-12/h2,4-5,12H,3,6-10H2,1H3,(H,16,19). The molecule has 1 aliphatic carbocycles. The zero-order valence-corrected chi connectivity index (χ0v) is 12.1. The van der Waals surface area contributed by atoms with E-state index >= 15 is 0 Å². The summed E-state index contributed by atoms with van der Waals surface area (Å²) in [5.74, 6) is 0.845. The molecule has 0 aliphatic heterocycles. The lowest BCUT2D eigenvalue weighted by Crippen LogP contribution is -2.05. The third kappa shape index (κ3) is 2.90. The van der Waals surface area contributed by atoms with Crippen molar-refractivity contribution in [1.29, 1.82) is 0 Å². The Morgan fingerprint density at radius 1 is 1.42 bits per heavy atom. The second-order valence-electron chi connectivity index (χ2n) is 5.42. The summed E-state index contributed by atoms with van der Waals surface area (Å²) in [7, 11) is 0. The average molecular weight is 276 g/mol. The Kier molecular flexibility index (Phi) is 3.71. The molecule has 1 aromatic carbocycles. The maximum absolute atomic E-state index is 5.68. The first-order valence-electron chi connectivity index (χ1n) is 7.01. The van der Waals surface area contributed by atoms with Gasteiger partial charge in [-0.25, -0.2) is 0 Å². The van der Waals surface area contributed by atoms with Crippen molar-refractivity contribution in [3.8, 4) is 0 Å². The predicted octanol–water partition coefficient (Wildman–Crippen LogP) is 3.82. The minimum Gasteiger partial charge on any atom is -0.381 e. The Balaban J connectivity index is 1.66. The first-order valence-corrected chi connectivity index (χ1v) is 7.42. The minimum atomic E-state index is 0.812. The van der Waals surface area contributed by atoms with Gasteiger partial charge in [0.05, 0.1) is 11.0 Å². The van der Waals surface area contributed by atoms with Crippen LogP contribution in [0.3, 0.4) is 0 Å². The van der Waals surface area contributed by atoms with Gasteiger partial charge in [-0.05, 0) is 56.0 Å². The Bertz CT molecular complexity index is 625. The maximum Gasteiger partial charge on any atom is 0.178 e. The summed E-state index contributed by atoms with van der Waals surface area (Å²) in [4.78, 5) is 3.27. The van der Waals surface area contributed by atoms with Crippen LogP contribution in [0.15, 0.2) is 18.2 Å². The summed E-state index contributed by atoms with van der Waals surface area (Å²) in [6, 6.07) is 6.27. The summed E-state index contributed by atoms with van der Waals surface area (Å²) >= 11 is 5.41. The van der Waals surface area contributed by atoms with Crippen molar-refractivity contribution in [2.75, 3.05) is 13.2 Å². The predicted molar refractivity (Wildman–Crippen MR) is 80.0 cm³/mol. The molecule has 0 bridgehead atoms. The molecule has 0 amide bonds. The van der Waals surface area contributed by atoms with E-state index in [1.165, 1.54) is 23.9 Å². The Morgan fingerprint density at radius 3 is 3.05 bits per heavy atom. The molecule has 1 fully saturated rings. The van der Waals surface area contributed by atoms with Crippen molar-refractivity contribution >= 4 is 23.3 Å². The number of aromatic nitrogens is 2. The number of aryl methyl sites for hydroxylation is 2. The topological polar surface area (TPSA) is 29.9 Å². The lowest BCUT2D eigenvalue weighted by atomic mass is 10.2. The number of ether oxygens (including phenoxy) is 1. The van der Waals surface area contributed by atoms with E-state index < -0.39 is 0 Å². The minimum absolute atomic E-state index is 0.812. The van der Waals surface area contributed by atoms with Gasteiger partial charge in [-0.2, -0.15) is 0 Å².